The summed E-state index contributed by atoms with van der Waals surface area (Å²) in [6, 6.07) is 5.35. The molecule has 2 N–H and O–H groups in total. The lowest BCUT2D eigenvalue weighted by atomic mass is 10.2. The Morgan fingerprint density at radius 3 is 3.00 bits per heavy atom. The smallest absolute Gasteiger partial charge is 0.249 e. The summed E-state index contributed by atoms with van der Waals surface area (Å²) in [5.74, 6) is 0.392. The van der Waals surface area contributed by atoms with Gasteiger partial charge in [0.15, 0.2) is 0 Å². The van der Waals surface area contributed by atoms with Crippen LogP contribution in [0.5, 0.6) is 5.75 Å². The minimum atomic E-state index is -0.338. The topological polar surface area (TPSA) is 79.3 Å². The number of methoxy groups -OCH3 is 1. The van der Waals surface area contributed by atoms with Gasteiger partial charge >= 0.3 is 0 Å². The monoisotopic (exact) mass is 266 g/mol. The average Bonchev–Trinajstić information content (AvgIpc) is 2.65. The number of hydrogen-bond acceptors (Lipinski definition) is 4. The van der Waals surface area contributed by atoms with Gasteiger partial charge in [-0.2, -0.15) is 4.73 Å². The van der Waals surface area contributed by atoms with Crippen molar-refractivity contribution in [2.75, 3.05) is 7.11 Å². The fourth-order valence-electron chi connectivity index (χ4n) is 1.74. The zero-order valence-corrected chi connectivity index (χ0v) is 10.8. The number of ether oxygens (including phenoxy) is 1. The molecule has 0 aliphatic rings. The number of nitrogens with two attached hydrogens (primary N) is 1. The standard InChI is InChI=1S/C12H14N2O3S/c1-17-8-5-6-9-10(7-8)18-12(14(9)16)4-2-3-11(13)15/h5-7H,2-4H2,1H3,(H2,13,15). The highest BCUT2D eigenvalue weighted by atomic mass is 32.1. The van der Waals surface area contributed by atoms with Gasteiger partial charge < -0.3 is 15.7 Å². The number of thiazole rings is 1. The molecule has 0 bridgehead atoms. The second-order valence-corrected chi connectivity index (χ2v) is 5.06. The largest absolute Gasteiger partial charge is 0.617 e. The zero-order chi connectivity index (χ0) is 13.1. The maximum absolute atomic E-state index is 12.0. The number of carbonyl (C=O) groups excluding carboxylic acids is 1. The van der Waals surface area contributed by atoms with Crippen molar-refractivity contribution in [2.45, 2.75) is 19.3 Å². The van der Waals surface area contributed by atoms with E-state index in [4.69, 9.17) is 10.5 Å². The van der Waals surface area contributed by atoms with Crippen molar-refractivity contribution in [1.82, 2.24) is 0 Å². The van der Waals surface area contributed by atoms with Crippen LogP contribution >= 0.6 is 11.3 Å². The van der Waals surface area contributed by atoms with Crippen molar-refractivity contribution in [3.63, 3.8) is 0 Å². The van der Waals surface area contributed by atoms with E-state index >= 15 is 0 Å². The molecule has 1 aromatic heterocycles. The van der Waals surface area contributed by atoms with E-state index in [-0.39, 0.29) is 5.91 Å². The third-order valence-corrected chi connectivity index (χ3v) is 3.81. The van der Waals surface area contributed by atoms with Crippen LogP contribution in [0.3, 0.4) is 0 Å². The third-order valence-electron chi connectivity index (χ3n) is 2.65. The number of hydrogen-bond donors (Lipinski definition) is 1. The van der Waals surface area contributed by atoms with Crippen molar-refractivity contribution in [1.29, 1.82) is 0 Å². The molecule has 0 fully saturated rings. The summed E-state index contributed by atoms with van der Waals surface area (Å²) in [5.41, 5.74) is 5.70. The molecule has 18 heavy (non-hydrogen) atoms. The lowest BCUT2D eigenvalue weighted by Crippen LogP contribution is -2.28. The highest BCUT2D eigenvalue weighted by Crippen LogP contribution is 2.25. The lowest BCUT2D eigenvalue weighted by molar-refractivity contribution is -0.580. The van der Waals surface area contributed by atoms with Crippen molar-refractivity contribution in [3.8, 4) is 5.75 Å². The molecule has 1 heterocycles. The van der Waals surface area contributed by atoms with Gasteiger partial charge in [0.05, 0.1) is 7.11 Å². The summed E-state index contributed by atoms with van der Waals surface area (Å²) in [4.78, 5) is 10.7. The molecular weight excluding hydrogens is 252 g/mol. The predicted molar refractivity (Wildman–Crippen MR) is 69.5 cm³/mol. The Morgan fingerprint density at radius 1 is 1.56 bits per heavy atom. The number of primary amides is 1. The van der Waals surface area contributed by atoms with Crippen molar-refractivity contribution < 1.29 is 14.3 Å². The molecule has 96 valence electrons. The molecule has 0 saturated heterocycles. The number of amides is 1. The molecule has 2 aromatic rings. The highest BCUT2D eigenvalue weighted by molar-refractivity contribution is 7.18. The van der Waals surface area contributed by atoms with E-state index in [1.54, 1.807) is 19.2 Å². The fourth-order valence-corrected chi connectivity index (χ4v) is 2.85. The zero-order valence-electron chi connectivity index (χ0n) is 10.0. The van der Waals surface area contributed by atoms with Crippen LogP contribution in [0.1, 0.15) is 17.8 Å². The minimum absolute atomic E-state index is 0.303. The highest BCUT2D eigenvalue weighted by Gasteiger charge is 2.16. The van der Waals surface area contributed by atoms with E-state index in [1.165, 1.54) is 11.3 Å². The van der Waals surface area contributed by atoms with Gasteiger partial charge in [-0.15, -0.1) is 0 Å². The predicted octanol–water partition coefficient (Wildman–Crippen LogP) is 1.35. The van der Waals surface area contributed by atoms with Crippen molar-refractivity contribution in [3.05, 3.63) is 28.4 Å². The van der Waals surface area contributed by atoms with Crippen molar-refractivity contribution in [2.24, 2.45) is 5.73 Å². The Labute approximate surface area is 108 Å². The SMILES string of the molecule is COc1ccc2c(c1)sc(CCCC(N)=O)[n+]2[O-]. The number of aromatic nitrogens is 1. The number of rotatable bonds is 5. The summed E-state index contributed by atoms with van der Waals surface area (Å²) < 4.78 is 6.92. The van der Waals surface area contributed by atoms with Crippen LogP contribution in [0, 0.1) is 5.21 Å². The number of benzene rings is 1. The summed E-state index contributed by atoms with van der Waals surface area (Å²) in [7, 11) is 1.59. The van der Waals surface area contributed by atoms with Gasteiger partial charge in [0, 0.05) is 25.0 Å². The molecule has 6 heteroatoms. The fraction of sp³-hybridized carbons (Fsp3) is 0.333. The number of fused-ring (bicyclic) bond motifs is 1. The second kappa shape index (κ2) is 5.22. The van der Waals surface area contributed by atoms with Gasteiger partial charge in [-0.25, -0.2) is 0 Å². The Bertz CT molecular complexity index is 580. The minimum Gasteiger partial charge on any atom is -0.617 e. The van der Waals surface area contributed by atoms with Crippen LogP contribution in [0.15, 0.2) is 18.2 Å². The van der Waals surface area contributed by atoms with Crippen LogP contribution in [0.25, 0.3) is 10.2 Å². The molecular formula is C12H14N2O3S. The molecule has 5 nitrogen and oxygen atoms in total. The summed E-state index contributed by atoms with van der Waals surface area (Å²) >= 11 is 1.42. The van der Waals surface area contributed by atoms with Gasteiger partial charge in [-0.3, -0.25) is 4.79 Å². The molecule has 0 unspecified atom stereocenters. The Balaban J connectivity index is 2.23. The molecule has 0 spiro atoms. The first-order valence-corrected chi connectivity index (χ1v) is 6.40. The maximum atomic E-state index is 12.0. The number of aryl methyl sites for hydroxylation is 1. The summed E-state index contributed by atoms with van der Waals surface area (Å²) in [6.45, 7) is 0. The van der Waals surface area contributed by atoms with E-state index in [0.717, 1.165) is 15.2 Å². The van der Waals surface area contributed by atoms with Crippen LogP contribution in [-0.4, -0.2) is 13.0 Å². The number of carbonyl (C=O) groups is 1. The van der Waals surface area contributed by atoms with E-state index in [0.29, 0.717) is 29.8 Å². The summed E-state index contributed by atoms with van der Waals surface area (Å²) in [5, 5.41) is 12.7. The third kappa shape index (κ3) is 2.53. The van der Waals surface area contributed by atoms with Gasteiger partial charge in [0.2, 0.25) is 16.4 Å². The molecule has 0 radical (unpaired) electrons. The van der Waals surface area contributed by atoms with Crippen LogP contribution in [-0.2, 0) is 11.2 Å². The van der Waals surface area contributed by atoms with Crippen molar-refractivity contribution >= 4 is 27.5 Å². The normalized spacial score (nSPS) is 10.7. The van der Waals surface area contributed by atoms with Gasteiger partial charge in [-0.05, 0) is 12.5 Å². The van der Waals surface area contributed by atoms with Crippen LogP contribution < -0.4 is 15.2 Å². The second-order valence-electron chi connectivity index (χ2n) is 3.94. The van der Waals surface area contributed by atoms with Gasteiger partial charge in [0.1, 0.15) is 10.4 Å². The van der Waals surface area contributed by atoms with Crippen LogP contribution in [0.2, 0.25) is 0 Å². The molecule has 0 saturated carbocycles. The van der Waals surface area contributed by atoms with E-state index in [1.807, 2.05) is 6.07 Å². The Hall–Kier alpha value is -1.82. The first-order chi connectivity index (χ1) is 8.61. The molecule has 0 aliphatic carbocycles. The number of nitrogens with zero attached hydrogens (tertiary/aromatic N) is 1. The van der Waals surface area contributed by atoms with E-state index in [2.05, 4.69) is 0 Å². The first kappa shape index (κ1) is 12.6. The van der Waals surface area contributed by atoms with Gasteiger partial charge in [-0.1, -0.05) is 11.3 Å². The summed E-state index contributed by atoms with van der Waals surface area (Å²) in [6.07, 6.45) is 1.47. The lowest BCUT2D eigenvalue weighted by Gasteiger charge is -1.99. The van der Waals surface area contributed by atoms with Gasteiger partial charge in [0.25, 0.3) is 0 Å². The van der Waals surface area contributed by atoms with Crippen LogP contribution in [0.4, 0.5) is 0 Å². The van der Waals surface area contributed by atoms with E-state index in [9.17, 15) is 10.0 Å². The molecule has 0 atom stereocenters. The first-order valence-electron chi connectivity index (χ1n) is 5.59. The quantitative estimate of drug-likeness (QED) is 0.655. The molecule has 0 aliphatic heterocycles. The van der Waals surface area contributed by atoms with E-state index < -0.39 is 0 Å². The molecule has 1 aromatic carbocycles. The Kier molecular flexibility index (Phi) is 3.66. The Morgan fingerprint density at radius 2 is 2.33 bits per heavy atom. The molecule has 2 rings (SSSR count). The average molecular weight is 266 g/mol. The molecule has 1 amide bonds. The maximum Gasteiger partial charge on any atom is 0.249 e.